The van der Waals surface area contributed by atoms with E-state index in [0.717, 1.165) is 12.0 Å². The molecule has 162 valence electrons. The van der Waals surface area contributed by atoms with Crippen LogP contribution in [0.5, 0.6) is 5.75 Å². The number of hydrazine groups is 1. The highest BCUT2D eigenvalue weighted by Crippen LogP contribution is 2.27. The fourth-order valence-electron chi connectivity index (χ4n) is 2.87. The molecule has 0 aliphatic carbocycles. The van der Waals surface area contributed by atoms with Crippen molar-refractivity contribution in [2.45, 2.75) is 46.0 Å². The second-order valence-corrected chi connectivity index (χ2v) is 8.47. The Morgan fingerprint density at radius 2 is 1.70 bits per heavy atom. The molecule has 0 radical (unpaired) electrons. The highest BCUT2D eigenvalue weighted by molar-refractivity contribution is 6.35. The molecule has 2 rings (SSSR count). The maximum Gasteiger partial charge on any atom is 0.245 e. The molecular weight excluding hydrogens is 423 g/mol. The summed E-state index contributed by atoms with van der Waals surface area (Å²) in [5, 5.41) is 0.952. The van der Waals surface area contributed by atoms with Gasteiger partial charge in [-0.05, 0) is 55.0 Å². The Hall–Kier alpha value is -2.24. The molecule has 2 N–H and O–H groups in total. The first kappa shape index (κ1) is 24.0. The molecule has 0 bridgehead atoms. The van der Waals surface area contributed by atoms with Gasteiger partial charge in [-0.3, -0.25) is 20.4 Å². The molecule has 0 aliphatic rings. The number of carbonyl (C=O) groups is 2. The first-order valence-electron chi connectivity index (χ1n) is 10.0. The summed E-state index contributed by atoms with van der Waals surface area (Å²) >= 11 is 11.9. The molecule has 1 unspecified atom stereocenters. The van der Waals surface area contributed by atoms with Gasteiger partial charge in [0.1, 0.15) is 5.75 Å². The van der Waals surface area contributed by atoms with Crippen molar-refractivity contribution in [1.29, 1.82) is 0 Å². The van der Waals surface area contributed by atoms with Gasteiger partial charge in [0, 0.05) is 11.4 Å². The largest absolute Gasteiger partial charge is 0.492 e. The minimum Gasteiger partial charge on any atom is -0.492 e. The van der Waals surface area contributed by atoms with Crippen LogP contribution in [0.2, 0.25) is 10.0 Å². The van der Waals surface area contributed by atoms with Crippen molar-refractivity contribution in [2.75, 3.05) is 6.61 Å². The minimum absolute atomic E-state index is 0.212. The molecule has 0 saturated heterocycles. The third kappa shape index (κ3) is 7.88. The molecule has 2 aromatic carbocycles. The smallest absolute Gasteiger partial charge is 0.245 e. The van der Waals surface area contributed by atoms with Gasteiger partial charge in [-0.15, -0.1) is 0 Å². The molecule has 1 atom stereocenters. The molecule has 0 heterocycles. The summed E-state index contributed by atoms with van der Waals surface area (Å²) in [5.41, 5.74) is 7.09. The van der Waals surface area contributed by atoms with E-state index in [1.807, 2.05) is 31.2 Å². The van der Waals surface area contributed by atoms with Gasteiger partial charge in [-0.25, -0.2) is 0 Å². The quantitative estimate of drug-likeness (QED) is 0.402. The normalized spacial score (nSPS) is 11.8. The van der Waals surface area contributed by atoms with Crippen LogP contribution in [0.1, 0.15) is 50.7 Å². The SMILES string of the molecule is CC(C)Cc1ccc(C(C)C(=O)NNC(=O)CCCOc2ccc(Cl)cc2Cl)cc1. The maximum absolute atomic E-state index is 12.3. The van der Waals surface area contributed by atoms with Gasteiger partial charge in [-0.1, -0.05) is 61.3 Å². The Morgan fingerprint density at radius 1 is 1.00 bits per heavy atom. The summed E-state index contributed by atoms with van der Waals surface area (Å²) in [6, 6.07) is 13.0. The lowest BCUT2D eigenvalue weighted by molar-refractivity contribution is -0.129. The number of nitrogens with one attached hydrogen (secondary N) is 2. The average molecular weight is 451 g/mol. The van der Waals surface area contributed by atoms with Crippen LogP contribution in [0.4, 0.5) is 0 Å². The molecule has 2 aromatic rings. The summed E-state index contributed by atoms with van der Waals surface area (Å²) in [6.45, 7) is 6.47. The summed E-state index contributed by atoms with van der Waals surface area (Å²) in [7, 11) is 0. The number of hydrogen-bond acceptors (Lipinski definition) is 3. The number of halogens is 2. The van der Waals surface area contributed by atoms with Crippen molar-refractivity contribution < 1.29 is 14.3 Å². The first-order chi connectivity index (χ1) is 14.3. The van der Waals surface area contributed by atoms with Crippen LogP contribution in [0.15, 0.2) is 42.5 Å². The standard InChI is InChI=1S/C23H28Cl2N2O3/c1-15(2)13-17-6-8-18(9-7-17)16(3)23(29)27-26-22(28)5-4-12-30-21-11-10-19(24)14-20(21)25/h6-11,14-16H,4-5,12-13H2,1-3H3,(H,26,28)(H,27,29). The predicted molar refractivity (Wildman–Crippen MR) is 121 cm³/mol. The van der Waals surface area contributed by atoms with Gasteiger partial charge in [-0.2, -0.15) is 0 Å². The van der Waals surface area contributed by atoms with E-state index in [0.29, 0.717) is 34.7 Å². The number of hydrogen-bond donors (Lipinski definition) is 2. The molecule has 0 saturated carbocycles. The number of carbonyl (C=O) groups excluding carboxylic acids is 2. The Kier molecular flexibility index (Phi) is 9.47. The van der Waals surface area contributed by atoms with Gasteiger partial charge < -0.3 is 4.74 Å². The third-order valence-electron chi connectivity index (χ3n) is 4.54. The lowest BCUT2D eigenvalue weighted by atomic mass is 9.96. The summed E-state index contributed by atoms with van der Waals surface area (Å²) in [5.74, 6) is 0.190. The van der Waals surface area contributed by atoms with Gasteiger partial charge in [0.2, 0.25) is 11.8 Å². The van der Waals surface area contributed by atoms with Crippen molar-refractivity contribution in [1.82, 2.24) is 10.9 Å². The van der Waals surface area contributed by atoms with Crippen molar-refractivity contribution >= 4 is 35.0 Å². The molecule has 0 aromatic heterocycles. The zero-order chi connectivity index (χ0) is 22.1. The zero-order valence-electron chi connectivity index (χ0n) is 17.5. The molecule has 0 spiro atoms. The predicted octanol–water partition coefficient (Wildman–Crippen LogP) is 5.30. The molecule has 5 nitrogen and oxygen atoms in total. The number of rotatable bonds is 9. The van der Waals surface area contributed by atoms with Crippen LogP contribution >= 0.6 is 23.2 Å². The van der Waals surface area contributed by atoms with Crippen molar-refractivity contribution in [3.05, 3.63) is 63.6 Å². The van der Waals surface area contributed by atoms with E-state index in [-0.39, 0.29) is 24.2 Å². The number of amides is 2. The topological polar surface area (TPSA) is 67.4 Å². The van der Waals surface area contributed by atoms with E-state index >= 15 is 0 Å². The average Bonchev–Trinajstić information content (AvgIpc) is 2.70. The van der Waals surface area contributed by atoms with Crippen LogP contribution < -0.4 is 15.6 Å². The fourth-order valence-corrected chi connectivity index (χ4v) is 3.34. The second-order valence-electron chi connectivity index (χ2n) is 7.63. The van der Waals surface area contributed by atoms with E-state index in [9.17, 15) is 9.59 Å². The first-order valence-corrected chi connectivity index (χ1v) is 10.8. The highest BCUT2D eigenvalue weighted by Gasteiger charge is 2.16. The van der Waals surface area contributed by atoms with Crippen molar-refractivity contribution in [3.63, 3.8) is 0 Å². The summed E-state index contributed by atoms with van der Waals surface area (Å²) < 4.78 is 5.54. The monoisotopic (exact) mass is 450 g/mol. The van der Waals surface area contributed by atoms with Gasteiger partial charge >= 0.3 is 0 Å². The van der Waals surface area contributed by atoms with Crippen LogP contribution in [0, 0.1) is 5.92 Å². The molecule has 7 heteroatoms. The van der Waals surface area contributed by atoms with Gasteiger partial charge in [0.25, 0.3) is 0 Å². The minimum atomic E-state index is -0.367. The van der Waals surface area contributed by atoms with E-state index in [1.54, 1.807) is 18.2 Å². The number of ether oxygens (including phenoxy) is 1. The van der Waals surface area contributed by atoms with E-state index in [1.165, 1.54) is 5.56 Å². The van der Waals surface area contributed by atoms with E-state index in [2.05, 4.69) is 24.7 Å². The Bertz CT molecular complexity index is 854. The fraction of sp³-hybridized carbons (Fsp3) is 0.391. The molecule has 0 fully saturated rings. The Labute approximate surface area is 188 Å². The van der Waals surface area contributed by atoms with Gasteiger partial charge in [0.05, 0.1) is 17.5 Å². The van der Waals surface area contributed by atoms with Crippen LogP contribution in [-0.2, 0) is 16.0 Å². The molecular formula is C23H28Cl2N2O3. The maximum atomic E-state index is 12.3. The summed E-state index contributed by atoms with van der Waals surface area (Å²) in [4.78, 5) is 24.3. The van der Waals surface area contributed by atoms with Crippen LogP contribution in [0.25, 0.3) is 0 Å². The van der Waals surface area contributed by atoms with E-state index < -0.39 is 0 Å². The number of benzene rings is 2. The Balaban J connectivity index is 1.70. The summed E-state index contributed by atoms with van der Waals surface area (Å²) in [6.07, 6.45) is 1.70. The van der Waals surface area contributed by atoms with Crippen LogP contribution in [-0.4, -0.2) is 18.4 Å². The highest BCUT2D eigenvalue weighted by atomic mass is 35.5. The molecule has 0 aliphatic heterocycles. The van der Waals surface area contributed by atoms with Gasteiger partial charge in [0.15, 0.2) is 0 Å². The van der Waals surface area contributed by atoms with E-state index in [4.69, 9.17) is 27.9 Å². The third-order valence-corrected chi connectivity index (χ3v) is 5.07. The lowest BCUT2D eigenvalue weighted by Gasteiger charge is -2.14. The van der Waals surface area contributed by atoms with Crippen LogP contribution in [0.3, 0.4) is 0 Å². The molecule has 2 amide bonds. The van der Waals surface area contributed by atoms with Crippen molar-refractivity contribution in [2.24, 2.45) is 5.92 Å². The lowest BCUT2D eigenvalue weighted by Crippen LogP contribution is -2.43. The zero-order valence-corrected chi connectivity index (χ0v) is 19.0. The molecule has 30 heavy (non-hydrogen) atoms. The van der Waals surface area contributed by atoms with Crippen molar-refractivity contribution in [3.8, 4) is 5.75 Å². The Morgan fingerprint density at radius 3 is 2.33 bits per heavy atom. The second kappa shape index (κ2) is 11.8.